The molecule has 144 valence electrons. The van der Waals surface area contributed by atoms with Gasteiger partial charge in [-0.15, -0.1) is 0 Å². The molecular weight excluding hydrogens is 368 g/mol. The van der Waals surface area contributed by atoms with Gasteiger partial charge in [0.05, 0.1) is 19.2 Å². The summed E-state index contributed by atoms with van der Waals surface area (Å²) in [7, 11) is 2.95. The average molecular weight is 391 g/mol. The standard InChI is InChI=1S/C20H23ClN2O4/c1-5-23(6-2)20(25)13-7-9-15(10-8-13)22-19(24)14-11-16(21)18(27-4)17(12-14)26-3/h7-12H,5-6H2,1-4H3,(H,22,24). The second kappa shape index (κ2) is 9.28. The van der Waals surface area contributed by atoms with Gasteiger partial charge in [-0.2, -0.15) is 0 Å². The average Bonchev–Trinajstić information content (AvgIpc) is 2.68. The number of carbonyl (C=O) groups excluding carboxylic acids is 2. The Morgan fingerprint density at radius 2 is 1.63 bits per heavy atom. The Hall–Kier alpha value is -2.73. The van der Waals surface area contributed by atoms with Gasteiger partial charge in [-0.25, -0.2) is 0 Å². The van der Waals surface area contributed by atoms with Crippen LogP contribution in [0, 0.1) is 0 Å². The second-order valence-corrected chi connectivity index (χ2v) is 6.11. The fourth-order valence-corrected chi connectivity index (χ4v) is 2.93. The molecule has 0 radical (unpaired) electrons. The third-order valence-corrected chi connectivity index (χ3v) is 4.42. The van der Waals surface area contributed by atoms with Gasteiger partial charge in [-0.05, 0) is 50.2 Å². The van der Waals surface area contributed by atoms with Gasteiger partial charge in [-0.3, -0.25) is 9.59 Å². The number of benzene rings is 2. The van der Waals surface area contributed by atoms with Crippen LogP contribution >= 0.6 is 11.6 Å². The maximum Gasteiger partial charge on any atom is 0.255 e. The number of nitrogens with one attached hydrogen (secondary N) is 1. The highest BCUT2D eigenvalue weighted by Crippen LogP contribution is 2.36. The van der Waals surface area contributed by atoms with E-state index in [1.807, 2.05) is 13.8 Å². The monoisotopic (exact) mass is 390 g/mol. The number of anilines is 1. The summed E-state index contributed by atoms with van der Waals surface area (Å²) < 4.78 is 10.4. The van der Waals surface area contributed by atoms with Gasteiger partial charge in [0.15, 0.2) is 11.5 Å². The number of amides is 2. The van der Waals surface area contributed by atoms with E-state index in [4.69, 9.17) is 21.1 Å². The number of hydrogen-bond acceptors (Lipinski definition) is 4. The van der Waals surface area contributed by atoms with Crippen LogP contribution in [0.2, 0.25) is 5.02 Å². The second-order valence-electron chi connectivity index (χ2n) is 5.70. The van der Waals surface area contributed by atoms with Crippen molar-refractivity contribution in [3.8, 4) is 11.5 Å². The summed E-state index contributed by atoms with van der Waals surface area (Å²) in [4.78, 5) is 26.6. The van der Waals surface area contributed by atoms with E-state index in [9.17, 15) is 9.59 Å². The molecule has 0 aliphatic heterocycles. The summed E-state index contributed by atoms with van der Waals surface area (Å²) in [5.74, 6) is 0.357. The molecule has 0 heterocycles. The molecule has 0 aliphatic rings. The molecule has 6 nitrogen and oxygen atoms in total. The molecule has 0 bridgehead atoms. The predicted octanol–water partition coefficient (Wildman–Crippen LogP) is 4.09. The van der Waals surface area contributed by atoms with E-state index in [1.165, 1.54) is 20.3 Å². The van der Waals surface area contributed by atoms with Gasteiger partial charge in [0.25, 0.3) is 11.8 Å². The molecule has 2 rings (SSSR count). The van der Waals surface area contributed by atoms with E-state index in [-0.39, 0.29) is 16.8 Å². The van der Waals surface area contributed by atoms with E-state index in [1.54, 1.807) is 35.2 Å². The van der Waals surface area contributed by atoms with E-state index in [2.05, 4.69) is 5.32 Å². The van der Waals surface area contributed by atoms with Crippen LogP contribution < -0.4 is 14.8 Å². The number of nitrogens with zero attached hydrogens (tertiary/aromatic N) is 1. The molecule has 2 aromatic carbocycles. The summed E-state index contributed by atoms with van der Waals surface area (Å²) in [6.07, 6.45) is 0. The van der Waals surface area contributed by atoms with Crippen molar-refractivity contribution in [2.45, 2.75) is 13.8 Å². The highest BCUT2D eigenvalue weighted by Gasteiger charge is 2.16. The van der Waals surface area contributed by atoms with Crippen LogP contribution in [0.5, 0.6) is 11.5 Å². The first-order valence-corrected chi connectivity index (χ1v) is 8.95. The summed E-state index contributed by atoms with van der Waals surface area (Å²) in [5.41, 5.74) is 1.48. The Balaban J connectivity index is 2.17. The summed E-state index contributed by atoms with van der Waals surface area (Å²) in [5, 5.41) is 3.06. The fraction of sp³-hybridized carbons (Fsp3) is 0.300. The minimum atomic E-state index is -0.347. The Bertz CT molecular complexity index is 817. The minimum Gasteiger partial charge on any atom is -0.493 e. The first-order chi connectivity index (χ1) is 12.9. The van der Waals surface area contributed by atoms with E-state index < -0.39 is 0 Å². The van der Waals surface area contributed by atoms with E-state index in [0.29, 0.717) is 41.4 Å². The largest absolute Gasteiger partial charge is 0.493 e. The van der Waals surface area contributed by atoms with Crippen LogP contribution in [-0.2, 0) is 0 Å². The molecule has 0 fully saturated rings. The van der Waals surface area contributed by atoms with Crippen LogP contribution in [-0.4, -0.2) is 44.0 Å². The zero-order valence-electron chi connectivity index (χ0n) is 15.8. The number of carbonyl (C=O) groups is 2. The molecule has 7 heteroatoms. The Morgan fingerprint density at radius 1 is 1.00 bits per heavy atom. The van der Waals surface area contributed by atoms with Crippen LogP contribution in [0.15, 0.2) is 36.4 Å². The summed E-state index contributed by atoms with van der Waals surface area (Å²) >= 11 is 6.15. The van der Waals surface area contributed by atoms with Gasteiger partial charge in [0.1, 0.15) is 0 Å². The molecule has 27 heavy (non-hydrogen) atoms. The van der Waals surface area contributed by atoms with Gasteiger partial charge in [-0.1, -0.05) is 11.6 Å². The minimum absolute atomic E-state index is 0.0375. The van der Waals surface area contributed by atoms with Crippen molar-refractivity contribution < 1.29 is 19.1 Å². The van der Waals surface area contributed by atoms with Crippen LogP contribution in [0.4, 0.5) is 5.69 Å². The van der Waals surface area contributed by atoms with Crippen LogP contribution in [0.1, 0.15) is 34.6 Å². The van der Waals surface area contributed by atoms with Crippen molar-refractivity contribution in [2.75, 3.05) is 32.6 Å². The number of methoxy groups -OCH3 is 2. The summed E-state index contributed by atoms with van der Waals surface area (Å²) in [6.45, 7) is 5.16. The maximum absolute atomic E-state index is 12.5. The van der Waals surface area contributed by atoms with Gasteiger partial charge < -0.3 is 19.7 Å². The first kappa shape index (κ1) is 20.6. The molecule has 0 atom stereocenters. The molecule has 0 unspecified atom stereocenters. The van der Waals surface area contributed by atoms with Crippen molar-refractivity contribution >= 4 is 29.1 Å². The Kier molecular flexibility index (Phi) is 7.07. The number of halogens is 1. The lowest BCUT2D eigenvalue weighted by Gasteiger charge is -2.18. The molecule has 2 amide bonds. The molecule has 1 N–H and O–H groups in total. The zero-order valence-corrected chi connectivity index (χ0v) is 16.6. The van der Waals surface area contributed by atoms with Crippen molar-refractivity contribution in [3.05, 3.63) is 52.5 Å². The molecule has 0 spiro atoms. The highest BCUT2D eigenvalue weighted by molar-refractivity contribution is 6.32. The number of ether oxygens (including phenoxy) is 2. The molecule has 2 aromatic rings. The van der Waals surface area contributed by atoms with Crippen LogP contribution in [0.25, 0.3) is 0 Å². The Morgan fingerprint density at radius 3 is 2.15 bits per heavy atom. The van der Waals surface area contributed by atoms with Crippen LogP contribution in [0.3, 0.4) is 0 Å². The van der Waals surface area contributed by atoms with Gasteiger partial charge >= 0.3 is 0 Å². The van der Waals surface area contributed by atoms with E-state index in [0.717, 1.165) is 0 Å². The topological polar surface area (TPSA) is 67.9 Å². The number of hydrogen-bond donors (Lipinski definition) is 1. The van der Waals surface area contributed by atoms with Crippen molar-refractivity contribution in [2.24, 2.45) is 0 Å². The maximum atomic E-state index is 12.5. The van der Waals surface area contributed by atoms with Crippen molar-refractivity contribution in [1.82, 2.24) is 4.90 Å². The lowest BCUT2D eigenvalue weighted by atomic mass is 10.1. The lowest BCUT2D eigenvalue weighted by Crippen LogP contribution is -2.30. The van der Waals surface area contributed by atoms with E-state index >= 15 is 0 Å². The van der Waals surface area contributed by atoms with Gasteiger partial charge in [0.2, 0.25) is 0 Å². The Labute approximate surface area is 164 Å². The third kappa shape index (κ3) is 4.71. The fourth-order valence-electron chi connectivity index (χ4n) is 2.64. The normalized spacial score (nSPS) is 10.3. The lowest BCUT2D eigenvalue weighted by molar-refractivity contribution is 0.0773. The SMILES string of the molecule is CCN(CC)C(=O)c1ccc(NC(=O)c2cc(Cl)c(OC)c(OC)c2)cc1. The summed E-state index contributed by atoms with van der Waals surface area (Å²) in [6, 6.07) is 9.83. The molecule has 0 saturated heterocycles. The zero-order chi connectivity index (χ0) is 20.0. The molecular formula is C20H23ClN2O4. The smallest absolute Gasteiger partial charge is 0.255 e. The molecule has 0 aliphatic carbocycles. The molecule has 0 aromatic heterocycles. The highest BCUT2D eigenvalue weighted by atomic mass is 35.5. The van der Waals surface area contributed by atoms with Gasteiger partial charge in [0, 0.05) is 29.9 Å². The first-order valence-electron chi connectivity index (χ1n) is 8.57. The van der Waals surface area contributed by atoms with Crippen molar-refractivity contribution in [1.29, 1.82) is 0 Å². The quantitative estimate of drug-likeness (QED) is 0.773. The van der Waals surface area contributed by atoms with Crippen molar-refractivity contribution in [3.63, 3.8) is 0 Å². The number of rotatable bonds is 7. The third-order valence-electron chi connectivity index (χ3n) is 4.14. The predicted molar refractivity (Wildman–Crippen MR) is 106 cm³/mol. The molecule has 0 saturated carbocycles.